The number of carbonyl (C=O) groups excluding carboxylic acids is 1. The Balaban J connectivity index is 2.62. The molecule has 0 aromatic carbocycles. The molecule has 6 nitrogen and oxygen atoms in total. The second kappa shape index (κ2) is 8.69. The monoisotopic (exact) mass is 519 g/mol. The Hall–Kier alpha value is -0.900. The first-order valence-corrected chi connectivity index (χ1v) is 11.5. The molecule has 164 valence electrons. The molecule has 2 rings (SSSR count). The lowest BCUT2D eigenvalue weighted by molar-refractivity contribution is -0.144. The molecule has 0 saturated carbocycles. The molecule has 0 aliphatic carbocycles. The smallest absolute Gasteiger partial charge is 0.318 e. The van der Waals surface area contributed by atoms with Crippen molar-refractivity contribution in [3.63, 3.8) is 0 Å². The first-order valence-electron chi connectivity index (χ1n) is 10.4. The number of halogens is 1. The van der Waals surface area contributed by atoms with Crippen LogP contribution < -0.4 is 8.27 Å². The summed E-state index contributed by atoms with van der Waals surface area (Å²) >= 11 is 2.02. The molecule has 0 aliphatic heterocycles. The zero-order chi connectivity index (χ0) is 22.2. The second-order valence-electron chi connectivity index (χ2n) is 8.47. The molecule has 1 atom stereocenters. The number of hydrogen-bond acceptors (Lipinski definition) is 6. The molecule has 0 amide bonds. The van der Waals surface area contributed by atoms with E-state index >= 15 is 0 Å². The van der Waals surface area contributed by atoms with Gasteiger partial charge in [0.1, 0.15) is 5.58 Å². The van der Waals surface area contributed by atoms with Crippen molar-refractivity contribution in [3.05, 3.63) is 17.2 Å². The van der Waals surface area contributed by atoms with E-state index in [0.717, 1.165) is 0 Å². The highest BCUT2D eigenvalue weighted by Gasteiger charge is 2.44. The maximum Gasteiger partial charge on any atom is 0.318 e. The molecular formula is C22H34INO5. The van der Waals surface area contributed by atoms with Crippen LogP contribution in [0.3, 0.4) is 0 Å². The van der Waals surface area contributed by atoms with Crippen molar-refractivity contribution < 1.29 is 24.2 Å². The van der Waals surface area contributed by atoms with Crippen LogP contribution in [0.2, 0.25) is 0 Å². The molecule has 0 saturated heterocycles. The van der Waals surface area contributed by atoms with Gasteiger partial charge >= 0.3 is 5.97 Å². The average molecular weight is 519 g/mol. The molecule has 2 heterocycles. The molecule has 2 aromatic heterocycles. The minimum absolute atomic E-state index is 0.104. The van der Waals surface area contributed by atoms with Crippen molar-refractivity contribution in [1.29, 1.82) is 0 Å². The van der Waals surface area contributed by atoms with Crippen LogP contribution in [0, 0.1) is 5.41 Å². The van der Waals surface area contributed by atoms with Gasteiger partial charge < -0.3 is 19.4 Å². The standard InChI is InChI=1S/C22H34INO5/c1-8-21(26,9-2)16-14-12-15(29-19(25)20(6,7)13(5)24-23)18(28-14)17(16)22(27,10-3)11-4/h12-13,24,26-27H,8-11H2,1-7H3. The van der Waals surface area contributed by atoms with Crippen LogP contribution in [-0.2, 0) is 16.0 Å². The van der Waals surface area contributed by atoms with Gasteiger partial charge in [-0.3, -0.25) is 8.32 Å². The Bertz CT molecular complexity index is 836. The summed E-state index contributed by atoms with van der Waals surface area (Å²) < 4.78 is 14.8. The molecule has 1 unspecified atom stereocenters. The van der Waals surface area contributed by atoms with Crippen LogP contribution in [0.1, 0.15) is 85.3 Å². The van der Waals surface area contributed by atoms with E-state index in [1.807, 2.05) is 71.3 Å². The minimum Gasteiger partial charge on any atom is -0.452 e. The van der Waals surface area contributed by atoms with Crippen LogP contribution in [0.5, 0.6) is 5.75 Å². The number of aliphatic hydroxyl groups is 2. The van der Waals surface area contributed by atoms with Crippen LogP contribution in [0.25, 0.3) is 11.2 Å². The van der Waals surface area contributed by atoms with Gasteiger partial charge in [0.2, 0.25) is 0 Å². The first kappa shape index (κ1) is 24.4. The lowest BCUT2D eigenvalue weighted by Crippen LogP contribution is -2.43. The van der Waals surface area contributed by atoms with Crippen molar-refractivity contribution in [2.75, 3.05) is 0 Å². The Labute approximate surface area is 187 Å². The number of furan rings is 2. The van der Waals surface area contributed by atoms with E-state index in [9.17, 15) is 15.0 Å². The highest BCUT2D eigenvalue weighted by atomic mass is 127. The Morgan fingerprint density at radius 1 is 1.10 bits per heavy atom. The molecular weight excluding hydrogens is 485 g/mol. The predicted octanol–water partition coefficient (Wildman–Crippen LogP) is 5.15. The first-order chi connectivity index (χ1) is 13.5. The van der Waals surface area contributed by atoms with E-state index in [-0.39, 0.29) is 12.0 Å². The number of ether oxygens (including phenoxy) is 1. The largest absolute Gasteiger partial charge is 0.452 e. The third-order valence-electron chi connectivity index (χ3n) is 6.67. The normalized spacial score (nSPS) is 14.6. The number of rotatable bonds is 10. The predicted molar refractivity (Wildman–Crippen MR) is 122 cm³/mol. The van der Waals surface area contributed by atoms with Crippen molar-refractivity contribution >= 4 is 40.0 Å². The van der Waals surface area contributed by atoms with Gasteiger partial charge in [-0.15, -0.1) is 0 Å². The molecule has 7 heteroatoms. The summed E-state index contributed by atoms with van der Waals surface area (Å²) in [7, 11) is 0. The van der Waals surface area contributed by atoms with Gasteiger partial charge in [0.25, 0.3) is 0 Å². The maximum atomic E-state index is 12.9. The zero-order valence-corrected chi connectivity index (χ0v) is 20.6. The summed E-state index contributed by atoms with van der Waals surface area (Å²) in [4.78, 5) is 12.9. The third-order valence-corrected chi connectivity index (χ3v) is 7.60. The van der Waals surface area contributed by atoms with Crippen molar-refractivity contribution in [2.45, 2.75) is 91.4 Å². The average Bonchev–Trinajstić information content (AvgIpc) is 3.30. The van der Waals surface area contributed by atoms with E-state index in [1.54, 1.807) is 6.07 Å². The summed E-state index contributed by atoms with van der Waals surface area (Å²) in [6.07, 6.45) is 1.88. The summed E-state index contributed by atoms with van der Waals surface area (Å²) in [6, 6.07) is 1.55. The van der Waals surface area contributed by atoms with Crippen molar-refractivity contribution in [1.82, 2.24) is 3.53 Å². The van der Waals surface area contributed by atoms with Crippen LogP contribution in [-0.4, -0.2) is 22.2 Å². The Kier molecular flexibility index (Phi) is 7.30. The van der Waals surface area contributed by atoms with E-state index < -0.39 is 16.6 Å². The highest BCUT2D eigenvalue weighted by molar-refractivity contribution is 14.1. The summed E-state index contributed by atoms with van der Waals surface area (Å²) in [5, 5.41) is 22.6. The fraction of sp³-hybridized carbons (Fsp3) is 0.682. The Morgan fingerprint density at radius 2 is 1.59 bits per heavy atom. The van der Waals surface area contributed by atoms with E-state index in [4.69, 9.17) is 9.15 Å². The van der Waals surface area contributed by atoms with E-state index in [0.29, 0.717) is 53.7 Å². The quantitative estimate of drug-likeness (QED) is 0.174. The van der Waals surface area contributed by atoms with Gasteiger partial charge in [0.15, 0.2) is 11.3 Å². The van der Waals surface area contributed by atoms with E-state index in [2.05, 4.69) is 3.53 Å². The van der Waals surface area contributed by atoms with E-state index in [1.165, 1.54) is 0 Å². The number of carbonyl (C=O) groups is 1. The molecule has 29 heavy (non-hydrogen) atoms. The van der Waals surface area contributed by atoms with Gasteiger partial charge in [-0.1, -0.05) is 27.7 Å². The maximum absolute atomic E-state index is 12.9. The molecule has 0 spiro atoms. The summed E-state index contributed by atoms with van der Waals surface area (Å²) in [5.74, 6) is -0.0873. The second-order valence-corrected chi connectivity index (χ2v) is 9.10. The topological polar surface area (TPSA) is 91.9 Å². The lowest BCUT2D eigenvalue weighted by atomic mass is 9.77. The van der Waals surface area contributed by atoms with Gasteiger partial charge in [-0.2, -0.15) is 0 Å². The number of fused-ring (bicyclic) bond motifs is 2. The zero-order valence-electron chi connectivity index (χ0n) is 18.5. The minimum atomic E-state index is -1.18. The number of esters is 1. The fourth-order valence-corrected chi connectivity index (χ4v) is 4.42. The van der Waals surface area contributed by atoms with Gasteiger partial charge in [-0.25, -0.2) is 0 Å². The lowest BCUT2D eigenvalue weighted by Gasteiger charge is -2.33. The summed E-state index contributed by atoms with van der Waals surface area (Å²) in [6.45, 7) is 13.2. The number of nitrogens with one attached hydrogen (secondary N) is 1. The van der Waals surface area contributed by atoms with Crippen molar-refractivity contribution in [3.8, 4) is 5.75 Å². The number of benzene rings is 1. The van der Waals surface area contributed by atoms with Crippen LogP contribution >= 0.6 is 22.9 Å². The molecule has 0 aliphatic rings. The highest BCUT2D eigenvalue weighted by Crippen LogP contribution is 2.50. The number of hydrogen-bond donors (Lipinski definition) is 3. The SMILES string of the molecule is CCC(O)(CC)c1c(C(O)(CC)CC)c2oc1cc2OC(=O)C(C)(C)C(C)NI. The van der Waals surface area contributed by atoms with Crippen LogP contribution in [0.15, 0.2) is 10.5 Å². The van der Waals surface area contributed by atoms with Crippen molar-refractivity contribution in [2.24, 2.45) is 5.41 Å². The molecule has 0 radical (unpaired) electrons. The molecule has 0 fully saturated rings. The Morgan fingerprint density at radius 3 is 2.03 bits per heavy atom. The van der Waals surface area contributed by atoms with Gasteiger partial charge in [0, 0.05) is 46.1 Å². The summed E-state index contributed by atoms with van der Waals surface area (Å²) in [5.41, 5.74) is -1.08. The van der Waals surface area contributed by atoms with Gasteiger partial charge in [0.05, 0.1) is 16.6 Å². The third kappa shape index (κ3) is 4.03. The van der Waals surface area contributed by atoms with Gasteiger partial charge in [-0.05, 0) is 46.5 Å². The fourth-order valence-electron chi connectivity index (χ4n) is 3.64. The molecule has 3 N–H and O–H groups in total. The molecule has 2 bridgehead atoms. The molecule has 2 aromatic rings. The van der Waals surface area contributed by atoms with Crippen LogP contribution in [0.4, 0.5) is 0 Å².